The minimum atomic E-state index is 0.191. The highest BCUT2D eigenvalue weighted by atomic mass is 35.5. The summed E-state index contributed by atoms with van der Waals surface area (Å²) in [7, 11) is 0. The Kier molecular flexibility index (Phi) is 2.72. The molecule has 0 amide bonds. The van der Waals surface area contributed by atoms with Gasteiger partial charge in [-0.1, -0.05) is 5.92 Å². The lowest BCUT2D eigenvalue weighted by atomic mass is 10.4. The maximum Gasteiger partial charge on any atom is 0.167 e. The normalized spacial score (nSPS) is 8.75. The van der Waals surface area contributed by atoms with Crippen LogP contribution in [-0.4, -0.2) is 15.8 Å². The molecule has 1 rings (SSSR count). The van der Waals surface area contributed by atoms with Gasteiger partial charge in [0, 0.05) is 0 Å². The van der Waals surface area contributed by atoms with E-state index in [0.29, 0.717) is 5.69 Å². The molecule has 1 aromatic heterocycles. The fraction of sp³-hybridized carbons (Fsp3) is 0.143. The van der Waals surface area contributed by atoms with Crippen LogP contribution in [0.2, 0.25) is 0 Å². The number of nitrogen functional groups attached to an aromatic ring is 2. The molecule has 0 aliphatic carbocycles. The van der Waals surface area contributed by atoms with Gasteiger partial charge in [-0.3, -0.25) is 0 Å². The molecule has 4 N–H and O–H groups in total. The Labute approximate surface area is 74.9 Å². The second-order valence-electron chi connectivity index (χ2n) is 1.96. The Morgan fingerprint density at radius 3 is 2.75 bits per heavy atom. The Morgan fingerprint density at radius 1 is 1.42 bits per heavy atom. The van der Waals surface area contributed by atoms with Gasteiger partial charge < -0.3 is 11.5 Å². The van der Waals surface area contributed by atoms with Crippen molar-refractivity contribution < 1.29 is 0 Å². The average Bonchev–Trinajstić information content (AvgIpc) is 2.07. The van der Waals surface area contributed by atoms with Crippen LogP contribution < -0.4 is 11.5 Å². The van der Waals surface area contributed by atoms with Gasteiger partial charge in [0.25, 0.3) is 0 Å². The summed E-state index contributed by atoms with van der Waals surface area (Å²) in [4.78, 5) is 7.64. The number of aromatic nitrogens is 2. The first-order valence-corrected chi connectivity index (χ1v) is 3.70. The van der Waals surface area contributed by atoms with Crippen LogP contribution in [-0.2, 0) is 0 Å². The van der Waals surface area contributed by atoms with Crippen LogP contribution in [0.4, 0.5) is 11.6 Å². The van der Waals surface area contributed by atoms with Crippen molar-refractivity contribution in [2.45, 2.75) is 0 Å². The molecule has 4 nitrogen and oxygen atoms in total. The van der Waals surface area contributed by atoms with Gasteiger partial charge in [0.05, 0.1) is 12.1 Å². The summed E-state index contributed by atoms with van der Waals surface area (Å²) in [6.07, 6.45) is 1.45. The van der Waals surface area contributed by atoms with E-state index in [2.05, 4.69) is 21.8 Å². The molecular weight excluding hydrogens is 176 g/mol. The third-order valence-electron chi connectivity index (χ3n) is 1.11. The van der Waals surface area contributed by atoms with Gasteiger partial charge in [-0.15, -0.1) is 11.6 Å². The largest absolute Gasteiger partial charge is 0.381 e. The van der Waals surface area contributed by atoms with Crippen molar-refractivity contribution in [2.24, 2.45) is 0 Å². The summed E-state index contributed by atoms with van der Waals surface area (Å²) in [5, 5.41) is 0. The molecule has 0 unspecified atom stereocenters. The molecule has 0 aliphatic rings. The third kappa shape index (κ3) is 2.01. The first-order valence-electron chi connectivity index (χ1n) is 3.17. The number of hydrogen-bond donors (Lipinski definition) is 2. The van der Waals surface area contributed by atoms with E-state index in [-0.39, 0.29) is 17.5 Å². The van der Waals surface area contributed by atoms with Gasteiger partial charge in [-0.2, -0.15) is 0 Å². The maximum absolute atomic E-state index is 5.39. The van der Waals surface area contributed by atoms with Crippen molar-refractivity contribution >= 4 is 23.2 Å². The quantitative estimate of drug-likeness (QED) is 0.445. The van der Waals surface area contributed by atoms with Crippen molar-refractivity contribution in [1.29, 1.82) is 0 Å². The predicted octanol–water partition coefficient (Wildman–Crippen LogP) is 0.231. The highest BCUT2D eigenvalue weighted by Crippen LogP contribution is 2.05. The number of anilines is 2. The van der Waals surface area contributed by atoms with Crippen molar-refractivity contribution in [2.75, 3.05) is 17.3 Å². The summed E-state index contributed by atoms with van der Waals surface area (Å²) in [5.41, 5.74) is 11.2. The van der Waals surface area contributed by atoms with E-state index >= 15 is 0 Å². The molecule has 1 aromatic rings. The zero-order valence-electron chi connectivity index (χ0n) is 6.21. The lowest BCUT2D eigenvalue weighted by Gasteiger charge is -1.96. The van der Waals surface area contributed by atoms with Gasteiger partial charge in [-0.25, -0.2) is 9.97 Å². The predicted molar refractivity (Wildman–Crippen MR) is 48.5 cm³/mol. The number of nitrogens with two attached hydrogens (primary N) is 2. The molecule has 1 heterocycles. The highest BCUT2D eigenvalue weighted by Gasteiger charge is 1.96. The van der Waals surface area contributed by atoms with E-state index in [1.807, 2.05) is 0 Å². The number of hydrogen-bond acceptors (Lipinski definition) is 4. The highest BCUT2D eigenvalue weighted by molar-refractivity contribution is 6.19. The molecule has 0 atom stereocenters. The van der Waals surface area contributed by atoms with Crippen LogP contribution in [0, 0.1) is 11.8 Å². The molecule has 0 saturated heterocycles. The van der Waals surface area contributed by atoms with E-state index in [9.17, 15) is 0 Å². The smallest absolute Gasteiger partial charge is 0.167 e. The van der Waals surface area contributed by atoms with Gasteiger partial charge in [0.1, 0.15) is 5.69 Å². The Balaban J connectivity index is 2.97. The molecule has 12 heavy (non-hydrogen) atoms. The second-order valence-corrected chi connectivity index (χ2v) is 2.23. The molecule has 5 heteroatoms. The van der Waals surface area contributed by atoms with Crippen LogP contribution in [0.5, 0.6) is 0 Å². The first-order chi connectivity index (χ1) is 5.74. The van der Waals surface area contributed by atoms with Crippen LogP contribution in [0.1, 0.15) is 5.69 Å². The summed E-state index contributed by atoms with van der Waals surface area (Å²) in [5.74, 6) is 5.96. The standard InChI is InChI=1S/C7H7ClN4/c8-3-1-2-5-4-11-6(9)7(10)12-5/h4H,3H2,(H2,9,11)(H2,10,12). The summed E-state index contributed by atoms with van der Waals surface area (Å²) in [6.45, 7) is 0. The second kappa shape index (κ2) is 3.79. The van der Waals surface area contributed by atoms with Crippen LogP contribution in [0.25, 0.3) is 0 Å². The number of alkyl halides is 1. The molecular formula is C7H7ClN4. The molecule has 0 spiro atoms. The summed E-state index contributed by atoms with van der Waals surface area (Å²) >= 11 is 5.34. The molecule has 0 aromatic carbocycles. The lowest BCUT2D eigenvalue weighted by molar-refractivity contribution is 1.19. The molecule has 0 fully saturated rings. The van der Waals surface area contributed by atoms with Crippen molar-refractivity contribution in [3.05, 3.63) is 11.9 Å². The molecule has 62 valence electrons. The fourth-order valence-electron chi connectivity index (χ4n) is 0.597. The van der Waals surface area contributed by atoms with Gasteiger partial charge >= 0.3 is 0 Å². The zero-order chi connectivity index (χ0) is 8.97. The van der Waals surface area contributed by atoms with Crippen molar-refractivity contribution in [3.63, 3.8) is 0 Å². The third-order valence-corrected chi connectivity index (χ3v) is 1.25. The van der Waals surface area contributed by atoms with E-state index in [1.54, 1.807) is 0 Å². The minimum absolute atomic E-state index is 0.191. The van der Waals surface area contributed by atoms with Crippen LogP contribution >= 0.6 is 11.6 Å². The number of halogens is 1. The Morgan fingerprint density at radius 2 is 2.17 bits per heavy atom. The lowest BCUT2D eigenvalue weighted by Crippen LogP contribution is -2.01. The van der Waals surface area contributed by atoms with Crippen LogP contribution in [0.3, 0.4) is 0 Å². The van der Waals surface area contributed by atoms with E-state index in [4.69, 9.17) is 23.1 Å². The fourth-order valence-corrected chi connectivity index (χ4v) is 0.664. The molecule has 0 bridgehead atoms. The van der Waals surface area contributed by atoms with Crippen LogP contribution in [0.15, 0.2) is 6.20 Å². The topological polar surface area (TPSA) is 77.8 Å². The molecule has 0 aliphatic heterocycles. The Hall–Kier alpha value is -1.47. The van der Waals surface area contributed by atoms with Gasteiger partial charge in [-0.05, 0) is 5.92 Å². The average molecular weight is 183 g/mol. The SMILES string of the molecule is Nc1ncc(C#CCCl)nc1N. The first kappa shape index (κ1) is 8.62. The number of nitrogens with zero attached hydrogens (tertiary/aromatic N) is 2. The number of rotatable bonds is 0. The van der Waals surface area contributed by atoms with E-state index in [1.165, 1.54) is 6.20 Å². The van der Waals surface area contributed by atoms with E-state index < -0.39 is 0 Å². The molecule has 0 saturated carbocycles. The maximum atomic E-state index is 5.39. The molecule has 0 radical (unpaired) electrons. The summed E-state index contributed by atoms with van der Waals surface area (Å²) < 4.78 is 0. The monoisotopic (exact) mass is 182 g/mol. The minimum Gasteiger partial charge on any atom is -0.381 e. The van der Waals surface area contributed by atoms with Crippen molar-refractivity contribution in [1.82, 2.24) is 9.97 Å². The van der Waals surface area contributed by atoms with Gasteiger partial charge in [0.15, 0.2) is 11.6 Å². The van der Waals surface area contributed by atoms with E-state index in [0.717, 1.165) is 0 Å². The zero-order valence-corrected chi connectivity index (χ0v) is 6.97. The van der Waals surface area contributed by atoms with Crippen molar-refractivity contribution in [3.8, 4) is 11.8 Å². The Bertz CT molecular complexity index is 339. The summed E-state index contributed by atoms with van der Waals surface area (Å²) in [6, 6.07) is 0. The van der Waals surface area contributed by atoms with Gasteiger partial charge in [0.2, 0.25) is 0 Å².